The van der Waals surface area contributed by atoms with Gasteiger partial charge in [0, 0.05) is 18.9 Å². The van der Waals surface area contributed by atoms with Crippen molar-refractivity contribution >= 4 is 26.0 Å². The third-order valence-corrected chi connectivity index (χ3v) is 6.04. The highest BCUT2D eigenvalue weighted by atomic mass is 79.9. The van der Waals surface area contributed by atoms with Crippen LogP contribution in [0.25, 0.3) is 0 Å². The lowest BCUT2D eigenvalue weighted by atomic mass is 10.2. The van der Waals surface area contributed by atoms with E-state index in [9.17, 15) is 8.42 Å². The first kappa shape index (κ1) is 14.0. The third kappa shape index (κ3) is 2.95. The van der Waals surface area contributed by atoms with Gasteiger partial charge in [-0.2, -0.15) is 0 Å². The quantitative estimate of drug-likeness (QED) is 0.778. The summed E-state index contributed by atoms with van der Waals surface area (Å²) in [6, 6.07) is 7.04. The SMILES string of the molecule is CC1CC1CN(C)S(=O)(=O)c1ccc(CBr)cc1. The lowest BCUT2D eigenvalue weighted by molar-refractivity contribution is 0.444. The van der Waals surface area contributed by atoms with Crippen LogP contribution in [0.2, 0.25) is 0 Å². The van der Waals surface area contributed by atoms with Gasteiger partial charge in [-0.15, -0.1) is 0 Å². The van der Waals surface area contributed by atoms with Crippen LogP contribution in [-0.4, -0.2) is 26.3 Å². The van der Waals surface area contributed by atoms with Gasteiger partial charge in [-0.25, -0.2) is 12.7 Å². The first-order valence-electron chi connectivity index (χ1n) is 6.06. The normalized spacial score (nSPS) is 23.3. The van der Waals surface area contributed by atoms with Crippen molar-refractivity contribution in [3.05, 3.63) is 29.8 Å². The molecule has 1 fully saturated rings. The van der Waals surface area contributed by atoms with Crippen molar-refractivity contribution in [3.8, 4) is 0 Å². The van der Waals surface area contributed by atoms with Crippen molar-refractivity contribution in [2.24, 2.45) is 11.8 Å². The van der Waals surface area contributed by atoms with E-state index in [-0.39, 0.29) is 0 Å². The summed E-state index contributed by atoms with van der Waals surface area (Å²) in [5.74, 6) is 1.20. The lowest BCUT2D eigenvalue weighted by Crippen LogP contribution is -2.29. The molecular weight excluding hydrogens is 314 g/mol. The fraction of sp³-hybridized carbons (Fsp3) is 0.538. The Morgan fingerprint density at radius 2 is 1.89 bits per heavy atom. The van der Waals surface area contributed by atoms with E-state index in [1.807, 2.05) is 12.1 Å². The summed E-state index contributed by atoms with van der Waals surface area (Å²) in [4.78, 5) is 0.378. The molecule has 1 aromatic carbocycles. The molecule has 0 aliphatic heterocycles. The van der Waals surface area contributed by atoms with Crippen molar-refractivity contribution in [2.45, 2.75) is 23.6 Å². The monoisotopic (exact) mass is 331 g/mol. The minimum Gasteiger partial charge on any atom is -0.207 e. The van der Waals surface area contributed by atoms with Crippen LogP contribution >= 0.6 is 15.9 Å². The summed E-state index contributed by atoms with van der Waals surface area (Å²) in [6.07, 6.45) is 1.14. The van der Waals surface area contributed by atoms with Crippen LogP contribution in [-0.2, 0) is 15.4 Å². The Kier molecular flexibility index (Phi) is 4.14. The topological polar surface area (TPSA) is 37.4 Å². The number of halogens is 1. The summed E-state index contributed by atoms with van der Waals surface area (Å²) in [6.45, 7) is 2.79. The predicted molar refractivity (Wildman–Crippen MR) is 76.2 cm³/mol. The van der Waals surface area contributed by atoms with Crippen LogP contribution in [0.1, 0.15) is 18.9 Å². The number of sulfonamides is 1. The Labute approximate surface area is 117 Å². The van der Waals surface area contributed by atoms with Gasteiger partial charge in [-0.05, 0) is 36.0 Å². The van der Waals surface area contributed by atoms with Crippen molar-refractivity contribution in [1.82, 2.24) is 4.31 Å². The van der Waals surface area contributed by atoms with Gasteiger partial charge in [-0.3, -0.25) is 0 Å². The average Bonchev–Trinajstić information content (AvgIpc) is 3.05. The molecule has 0 amide bonds. The van der Waals surface area contributed by atoms with Crippen LogP contribution in [0, 0.1) is 11.8 Å². The van der Waals surface area contributed by atoms with Gasteiger partial charge in [-0.1, -0.05) is 35.0 Å². The zero-order valence-corrected chi connectivity index (χ0v) is 13.0. The van der Waals surface area contributed by atoms with E-state index in [0.717, 1.165) is 17.3 Å². The molecule has 100 valence electrons. The zero-order chi connectivity index (χ0) is 13.3. The van der Waals surface area contributed by atoms with Gasteiger partial charge in [0.2, 0.25) is 10.0 Å². The van der Waals surface area contributed by atoms with Gasteiger partial charge in [0.15, 0.2) is 0 Å². The smallest absolute Gasteiger partial charge is 0.207 e. The van der Waals surface area contributed by atoms with Gasteiger partial charge < -0.3 is 0 Å². The number of hydrogen-bond donors (Lipinski definition) is 0. The molecule has 0 bridgehead atoms. The molecule has 0 heterocycles. The Hall–Kier alpha value is -0.390. The molecule has 1 saturated carbocycles. The Bertz CT molecular complexity index is 512. The molecule has 1 aliphatic rings. The van der Waals surface area contributed by atoms with Crippen LogP contribution < -0.4 is 0 Å². The van der Waals surface area contributed by atoms with E-state index >= 15 is 0 Å². The first-order chi connectivity index (χ1) is 8.45. The minimum absolute atomic E-state index is 0.378. The molecule has 0 N–H and O–H groups in total. The first-order valence-corrected chi connectivity index (χ1v) is 8.62. The second-order valence-corrected chi connectivity index (χ2v) is 7.64. The number of benzene rings is 1. The Balaban J connectivity index is 2.13. The molecule has 2 rings (SSSR count). The average molecular weight is 332 g/mol. The summed E-state index contributed by atoms with van der Waals surface area (Å²) in [5, 5.41) is 0.739. The number of rotatable bonds is 5. The second kappa shape index (κ2) is 5.31. The molecule has 18 heavy (non-hydrogen) atoms. The standard InChI is InChI=1S/C13H18BrNO2S/c1-10-7-12(10)9-15(2)18(16,17)13-5-3-11(8-14)4-6-13/h3-6,10,12H,7-9H2,1-2H3. The summed E-state index contributed by atoms with van der Waals surface area (Å²) in [5.41, 5.74) is 1.08. The molecule has 2 unspecified atom stereocenters. The van der Waals surface area contributed by atoms with E-state index in [4.69, 9.17) is 0 Å². The van der Waals surface area contributed by atoms with Crippen molar-refractivity contribution < 1.29 is 8.42 Å². The third-order valence-electron chi connectivity index (χ3n) is 3.55. The Morgan fingerprint density at radius 3 is 2.33 bits per heavy atom. The molecule has 3 nitrogen and oxygen atoms in total. The molecule has 0 saturated heterocycles. The molecule has 1 aromatic rings. The van der Waals surface area contributed by atoms with E-state index in [2.05, 4.69) is 22.9 Å². The maximum Gasteiger partial charge on any atom is 0.242 e. The van der Waals surface area contributed by atoms with Crippen molar-refractivity contribution in [3.63, 3.8) is 0 Å². The molecule has 1 aliphatic carbocycles. The highest BCUT2D eigenvalue weighted by Gasteiger charge is 2.36. The Morgan fingerprint density at radius 1 is 1.33 bits per heavy atom. The fourth-order valence-electron chi connectivity index (χ4n) is 2.01. The van der Waals surface area contributed by atoms with Gasteiger partial charge in [0.05, 0.1) is 4.90 Å². The molecule has 5 heteroatoms. The molecule has 0 radical (unpaired) electrons. The maximum atomic E-state index is 12.3. The number of nitrogens with zero attached hydrogens (tertiary/aromatic N) is 1. The highest BCUT2D eigenvalue weighted by Crippen LogP contribution is 2.38. The molecule has 0 spiro atoms. The predicted octanol–water partition coefficient (Wildman–Crippen LogP) is 2.86. The van der Waals surface area contributed by atoms with E-state index in [1.165, 1.54) is 4.31 Å². The maximum absolute atomic E-state index is 12.3. The van der Waals surface area contributed by atoms with Gasteiger partial charge >= 0.3 is 0 Å². The van der Waals surface area contributed by atoms with E-state index in [1.54, 1.807) is 19.2 Å². The lowest BCUT2D eigenvalue weighted by Gasteiger charge is -2.17. The van der Waals surface area contributed by atoms with Crippen LogP contribution in [0.3, 0.4) is 0 Å². The van der Waals surface area contributed by atoms with Crippen LogP contribution in [0.15, 0.2) is 29.2 Å². The van der Waals surface area contributed by atoms with Crippen molar-refractivity contribution in [2.75, 3.05) is 13.6 Å². The van der Waals surface area contributed by atoms with E-state index < -0.39 is 10.0 Å². The summed E-state index contributed by atoms with van der Waals surface area (Å²) in [7, 11) is -1.66. The summed E-state index contributed by atoms with van der Waals surface area (Å²) < 4.78 is 26.1. The van der Waals surface area contributed by atoms with Crippen molar-refractivity contribution in [1.29, 1.82) is 0 Å². The molecular formula is C13H18BrNO2S. The van der Waals surface area contributed by atoms with Crippen LogP contribution in [0.5, 0.6) is 0 Å². The number of alkyl halides is 1. The largest absolute Gasteiger partial charge is 0.242 e. The van der Waals surface area contributed by atoms with Crippen LogP contribution in [0.4, 0.5) is 0 Å². The zero-order valence-electron chi connectivity index (χ0n) is 10.6. The number of hydrogen-bond acceptors (Lipinski definition) is 2. The molecule has 2 atom stereocenters. The van der Waals surface area contributed by atoms with Gasteiger partial charge in [0.25, 0.3) is 0 Å². The fourth-order valence-corrected chi connectivity index (χ4v) is 3.61. The second-order valence-electron chi connectivity index (χ2n) is 5.04. The minimum atomic E-state index is -3.32. The molecule has 0 aromatic heterocycles. The van der Waals surface area contributed by atoms with E-state index in [0.29, 0.717) is 23.3 Å². The summed E-state index contributed by atoms with van der Waals surface area (Å²) >= 11 is 3.35. The highest BCUT2D eigenvalue weighted by molar-refractivity contribution is 9.08. The van der Waals surface area contributed by atoms with Gasteiger partial charge in [0.1, 0.15) is 0 Å².